The zero-order valence-corrected chi connectivity index (χ0v) is 17.3. The van der Waals surface area contributed by atoms with Crippen LogP contribution in [0.15, 0.2) is 11.9 Å². The van der Waals surface area contributed by atoms with Gasteiger partial charge in [-0.2, -0.15) is 0 Å². The highest BCUT2D eigenvalue weighted by Crippen LogP contribution is 2.55. The van der Waals surface area contributed by atoms with Crippen molar-refractivity contribution in [3.63, 3.8) is 0 Å². The van der Waals surface area contributed by atoms with Crippen LogP contribution in [0, 0.1) is 0 Å². The second kappa shape index (κ2) is 12.7. The molecule has 0 aliphatic heterocycles. The van der Waals surface area contributed by atoms with Crippen molar-refractivity contribution in [2.75, 3.05) is 13.2 Å². The van der Waals surface area contributed by atoms with Gasteiger partial charge in [-0.25, -0.2) is 4.79 Å². The number of hydrogen-bond donors (Lipinski definition) is 2. The number of carboxylic acid groups (broad SMARTS) is 1. The third kappa shape index (κ3) is 8.34. The van der Waals surface area contributed by atoms with Crippen LogP contribution in [-0.4, -0.2) is 36.4 Å². The van der Waals surface area contributed by atoms with Gasteiger partial charge in [0.25, 0.3) is 0 Å². The molecule has 0 heterocycles. The molecule has 0 radical (unpaired) electrons. The van der Waals surface area contributed by atoms with E-state index in [9.17, 15) is 9.36 Å². The molecule has 0 unspecified atom stereocenters. The van der Waals surface area contributed by atoms with Gasteiger partial charge in [0.1, 0.15) is 5.31 Å². The zero-order chi connectivity index (χ0) is 19.4. The summed E-state index contributed by atoms with van der Waals surface area (Å²) in [7, 11) is -3.66. The van der Waals surface area contributed by atoms with Crippen LogP contribution in [0.3, 0.4) is 0 Å². The Morgan fingerprint density at radius 3 is 1.65 bits per heavy atom. The van der Waals surface area contributed by atoms with Gasteiger partial charge < -0.3 is 19.5 Å². The summed E-state index contributed by atoms with van der Waals surface area (Å²) in [4.78, 5) is 10.5. The van der Waals surface area contributed by atoms with E-state index in [0.717, 1.165) is 12.1 Å². The average Bonchev–Trinajstić information content (AvgIpc) is 2.63. The smallest absolute Gasteiger partial charge is 0.368 e. The maximum absolute atomic E-state index is 11.6. The maximum Gasteiger partial charge on any atom is 0.368 e. The van der Waals surface area contributed by atoms with Crippen molar-refractivity contribution in [3.8, 4) is 0 Å². The summed E-state index contributed by atoms with van der Waals surface area (Å²) in [6.45, 7) is 6.58. The fraction of sp³-hybridized carbons (Fsp3) is 0.842. The van der Waals surface area contributed by atoms with Crippen molar-refractivity contribution in [1.29, 1.82) is 0 Å². The molecule has 2 N–H and O–H groups in total. The molecular formula is C19H36NO5P. The second-order valence-electron chi connectivity index (χ2n) is 6.92. The Hall–Kier alpha value is -0.680. The van der Waals surface area contributed by atoms with Gasteiger partial charge in [-0.1, -0.05) is 45.1 Å². The van der Waals surface area contributed by atoms with Crippen molar-refractivity contribution in [2.45, 2.75) is 90.1 Å². The third-order valence-corrected chi connectivity index (χ3v) is 6.91. The zero-order valence-electron chi connectivity index (χ0n) is 16.4. The Kier molecular flexibility index (Phi) is 11.4. The third-order valence-electron chi connectivity index (χ3n) is 4.86. The molecule has 0 aromatic rings. The van der Waals surface area contributed by atoms with Gasteiger partial charge in [-0.05, 0) is 39.5 Å². The summed E-state index contributed by atoms with van der Waals surface area (Å²) in [5.41, 5.74) is 0. The van der Waals surface area contributed by atoms with Crippen molar-refractivity contribution in [3.05, 3.63) is 11.9 Å². The van der Waals surface area contributed by atoms with Gasteiger partial charge in [-0.3, -0.25) is 4.57 Å². The van der Waals surface area contributed by atoms with E-state index >= 15 is 0 Å². The van der Waals surface area contributed by atoms with Crippen LogP contribution in [0.25, 0.3) is 0 Å². The van der Waals surface area contributed by atoms with Gasteiger partial charge in [0, 0.05) is 12.1 Å². The van der Waals surface area contributed by atoms with Crippen molar-refractivity contribution < 1.29 is 23.5 Å². The van der Waals surface area contributed by atoms with Crippen LogP contribution in [0.2, 0.25) is 0 Å². The summed E-state index contributed by atoms with van der Waals surface area (Å²) in [5.74, 6) is -1.37. The lowest BCUT2D eigenvalue weighted by Gasteiger charge is -2.30. The summed E-state index contributed by atoms with van der Waals surface area (Å²) in [5, 5.41) is 11.9. The van der Waals surface area contributed by atoms with E-state index in [1.54, 1.807) is 13.8 Å². The molecule has 0 spiro atoms. The van der Waals surface area contributed by atoms with Crippen molar-refractivity contribution in [1.82, 2.24) is 5.32 Å². The molecule has 0 atom stereocenters. The molecule has 6 nitrogen and oxygen atoms in total. The molecule has 2 aliphatic carbocycles. The standard InChI is InChI=1S/C12H23N.C7H13O5P/c1-3-7-11(8-4-1)13-12-9-5-2-6-10-12;1-4-11-13(10,12-5-2)6(3)7(8)9/h11-13H,1-10H2;3-5H2,1-2H3,(H,8,9). The molecule has 0 aromatic heterocycles. The first kappa shape index (κ1) is 23.4. The quantitative estimate of drug-likeness (QED) is 0.444. The molecule has 152 valence electrons. The number of nitrogens with one attached hydrogen (secondary N) is 1. The highest BCUT2D eigenvalue weighted by Gasteiger charge is 2.32. The van der Waals surface area contributed by atoms with E-state index in [0.29, 0.717) is 0 Å². The fourth-order valence-corrected chi connectivity index (χ4v) is 4.82. The number of carboxylic acids is 1. The predicted molar refractivity (Wildman–Crippen MR) is 105 cm³/mol. The van der Waals surface area contributed by atoms with Crippen LogP contribution in [0.5, 0.6) is 0 Å². The summed E-state index contributed by atoms with van der Waals surface area (Å²) >= 11 is 0. The molecule has 2 fully saturated rings. The first-order valence-corrected chi connectivity index (χ1v) is 11.5. The Balaban J connectivity index is 0.000000260. The molecule has 2 aliphatic rings. The SMILES string of the molecule is C1CCC(NC2CCCCC2)CC1.C=C(C(=O)O)P(=O)(OCC)OCC. The fourth-order valence-electron chi connectivity index (χ4n) is 3.52. The molecule has 0 saturated heterocycles. The molecule has 2 saturated carbocycles. The van der Waals surface area contributed by atoms with Crippen LogP contribution in [0.4, 0.5) is 0 Å². The minimum Gasteiger partial charge on any atom is -0.477 e. The highest BCUT2D eigenvalue weighted by atomic mass is 31.2. The molecule has 0 bridgehead atoms. The Morgan fingerprint density at radius 2 is 1.35 bits per heavy atom. The van der Waals surface area contributed by atoms with Crippen LogP contribution in [0.1, 0.15) is 78.1 Å². The second-order valence-corrected chi connectivity index (χ2v) is 8.97. The lowest BCUT2D eigenvalue weighted by Crippen LogP contribution is -2.40. The summed E-state index contributed by atoms with van der Waals surface area (Å²) < 4.78 is 21.1. The van der Waals surface area contributed by atoms with Gasteiger partial charge >= 0.3 is 13.6 Å². The van der Waals surface area contributed by atoms with Crippen LogP contribution >= 0.6 is 7.60 Å². The van der Waals surface area contributed by atoms with E-state index in [-0.39, 0.29) is 13.2 Å². The first-order valence-electron chi connectivity index (χ1n) is 10.0. The Morgan fingerprint density at radius 1 is 0.962 bits per heavy atom. The lowest BCUT2D eigenvalue weighted by molar-refractivity contribution is -0.132. The van der Waals surface area contributed by atoms with Crippen LogP contribution in [-0.2, 0) is 18.4 Å². The largest absolute Gasteiger partial charge is 0.477 e. The minimum absolute atomic E-state index is 0.115. The van der Waals surface area contributed by atoms with E-state index in [4.69, 9.17) is 14.2 Å². The monoisotopic (exact) mass is 389 g/mol. The number of rotatable bonds is 8. The van der Waals surface area contributed by atoms with E-state index in [2.05, 4.69) is 11.9 Å². The van der Waals surface area contributed by atoms with Crippen molar-refractivity contribution >= 4 is 13.6 Å². The van der Waals surface area contributed by atoms with Gasteiger partial charge in [-0.15, -0.1) is 0 Å². The maximum atomic E-state index is 11.6. The molecule has 0 aromatic carbocycles. The lowest BCUT2D eigenvalue weighted by atomic mass is 9.91. The summed E-state index contributed by atoms with van der Waals surface area (Å²) in [6.07, 6.45) is 14.6. The first-order chi connectivity index (χ1) is 12.4. The average molecular weight is 389 g/mol. The topological polar surface area (TPSA) is 84.9 Å². The Bertz CT molecular complexity index is 445. The highest BCUT2D eigenvalue weighted by molar-refractivity contribution is 7.59. The molecule has 2 rings (SSSR count). The molecular weight excluding hydrogens is 353 g/mol. The predicted octanol–water partition coefficient (Wildman–Crippen LogP) is 5.09. The Labute approximate surface area is 158 Å². The van der Waals surface area contributed by atoms with Gasteiger partial charge in [0.05, 0.1) is 13.2 Å². The normalized spacial score (nSPS) is 19.5. The number of aliphatic carboxylic acids is 1. The van der Waals surface area contributed by atoms with E-state index in [1.807, 2.05) is 0 Å². The summed E-state index contributed by atoms with van der Waals surface area (Å²) in [6, 6.07) is 1.74. The van der Waals surface area contributed by atoms with Crippen molar-refractivity contribution in [2.24, 2.45) is 0 Å². The molecule has 7 heteroatoms. The molecule has 0 amide bonds. The van der Waals surface area contributed by atoms with Gasteiger partial charge in [0.15, 0.2) is 0 Å². The van der Waals surface area contributed by atoms with Gasteiger partial charge in [0.2, 0.25) is 0 Å². The number of hydrogen-bond acceptors (Lipinski definition) is 5. The van der Waals surface area contributed by atoms with Crippen LogP contribution < -0.4 is 5.32 Å². The number of carbonyl (C=O) groups is 1. The minimum atomic E-state index is -3.66. The van der Waals surface area contributed by atoms with E-state index in [1.165, 1.54) is 64.2 Å². The molecule has 26 heavy (non-hydrogen) atoms. The van der Waals surface area contributed by atoms with E-state index < -0.39 is 18.9 Å².